The fourth-order valence-electron chi connectivity index (χ4n) is 2.94. The summed E-state index contributed by atoms with van der Waals surface area (Å²) in [6, 6.07) is 8.44. The van der Waals surface area contributed by atoms with Gasteiger partial charge in [0.25, 0.3) is 0 Å². The summed E-state index contributed by atoms with van der Waals surface area (Å²) < 4.78 is 0. The summed E-state index contributed by atoms with van der Waals surface area (Å²) in [5.74, 6) is 1.03. The lowest BCUT2D eigenvalue weighted by atomic mass is 10.1. The minimum atomic E-state index is 0.176. The SMILES string of the molecule is CCNC(=NCc1cccc(C)c1)NCCN1CCN(C(C)=O)CC1. The zero-order valence-electron chi connectivity index (χ0n) is 15.7. The van der Waals surface area contributed by atoms with Gasteiger partial charge >= 0.3 is 0 Å². The number of amides is 1. The molecule has 25 heavy (non-hydrogen) atoms. The van der Waals surface area contributed by atoms with Gasteiger partial charge in [0.05, 0.1) is 6.54 Å². The van der Waals surface area contributed by atoms with Crippen LogP contribution in [0.25, 0.3) is 0 Å². The highest BCUT2D eigenvalue weighted by Gasteiger charge is 2.17. The summed E-state index contributed by atoms with van der Waals surface area (Å²) in [5.41, 5.74) is 2.48. The standard InChI is InChI=1S/C19H31N5O/c1-4-20-19(22-15-18-7-5-6-16(2)14-18)21-8-9-23-10-12-24(13-11-23)17(3)25/h5-7,14H,4,8-13,15H2,1-3H3,(H2,20,21,22). The minimum absolute atomic E-state index is 0.176. The molecule has 0 radical (unpaired) electrons. The molecule has 0 saturated carbocycles. The molecule has 2 N–H and O–H groups in total. The smallest absolute Gasteiger partial charge is 0.219 e. The van der Waals surface area contributed by atoms with Crippen molar-refractivity contribution in [2.24, 2.45) is 4.99 Å². The third kappa shape index (κ3) is 6.74. The van der Waals surface area contributed by atoms with Gasteiger partial charge in [0, 0.05) is 52.7 Å². The van der Waals surface area contributed by atoms with Gasteiger partial charge in [-0.1, -0.05) is 29.8 Å². The van der Waals surface area contributed by atoms with E-state index >= 15 is 0 Å². The van der Waals surface area contributed by atoms with Gasteiger partial charge in [-0.15, -0.1) is 0 Å². The van der Waals surface area contributed by atoms with Crippen molar-refractivity contribution in [3.63, 3.8) is 0 Å². The lowest BCUT2D eigenvalue weighted by molar-refractivity contribution is -0.130. The van der Waals surface area contributed by atoms with Gasteiger partial charge in [-0.05, 0) is 19.4 Å². The van der Waals surface area contributed by atoms with Crippen LogP contribution in [0.2, 0.25) is 0 Å². The van der Waals surface area contributed by atoms with Crippen LogP contribution in [-0.4, -0.2) is 67.5 Å². The van der Waals surface area contributed by atoms with Crippen LogP contribution in [0.1, 0.15) is 25.0 Å². The second-order valence-corrected chi connectivity index (χ2v) is 6.46. The number of rotatable bonds is 6. The molecule has 0 aromatic heterocycles. The Bertz CT molecular complexity index is 579. The molecule has 138 valence electrons. The quantitative estimate of drug-likeness (QED) is 0.601. The molecule has 1 saturated heterocycles. The second-order valence-electron chi connectivity index (χ2n) is 6.46. The van der Waals surface area contributed by atoms with Crippen LogP contribution >= 0.6 is 0 Å². The van der Waals surface area contributed by atoms with Crippen LogP contribution in [0, 0.1) is 6.92 Å². The lowest BCUT2D eigenvalue weighted by Crippen LogP contribution is -2.50. The van der Waals surface area contributed by atoms with Crippen molar-refractivity contribution in [3.05, 3.63) is 35.4 Å². The van der Waals surface area contributed by atoms with Crippen molar-refractivity contribution in [2.45, 2.75) is 27.3 Å². The third-order valence-corrected chi connectivity index (χ3v) is 4.38. The highest BCUT2D eigenvalue weighted by atomic mass is 16.2. The topological polar surface area (TPSA) is 60.0 Å². The molecule has 6 heteroatoms. The summed E-state index contributed by atoms with van der Waals surface area (Å²) in [7, 11) is 0. The number of nitrogens with zero attached hydrogens (tertiary/aromatic N) is 3. The Hall–Kier alpha value is -2.08. The molecule has 0 bridgehead atoms. The average molecular weight is 345 g/mol. The first-order valence-corrected chi connectivity index (χ1v) is 9.14. The number of carbonyl (C=O) groups excluding carboxylic acids is 1. The van der Waals surface area contributed by atoms with Gasteiger partial charge < -0.3 is 15.5 Å². The van der Waals surface area contributed by atoms with Crippen molar-refractivity contribution in [1.29, 1.82) is 0 Å². The highest BCUT2D eigenvalue weighted by molar-refractivity contribution is 5.79. The number of carbonyl (C=O) groups is 1. The molecule has 1 aromatic carbocycles. The van der Waals surface area contributed by atoms with E-state index in [4.69, 9.17) is 0 Å². The Kier molecular flexibility index (Phi) is 7.73. The van der Waals surface area contributed by atoms with E-state index in [1.165, 1.54) is 11.1 Å². The summed E-state index contributed by atoms with van der Waals surface area (Å²) in [6.45, 7) is 12.7. The molecule has 0 unspecified atom stereocenters. The summed E-state index contributed by atoms with van der Waals surface area (Å²) in [4.78, 5) is 20.3. The number of aryl methyl sites for hydroxylation is 1. The Labute approximate surface area is 151 Å². The van der Waals surface area contributed by atoms with Gasteiger partial charge in [0.1, 0.15) is 0 Å². The molecular formula is C19H31N5O. The first-order chi connectivity index (χ1) is 12.1. The van der Waals surface area contributed by atoms with Crippen molar-refractivity contribution >= 4 is 11.9 Å². The van der Waals surface area contributed by atoms with E-state index in [1.807, 2.05) is 4.90 Å². The fourth-order valence-corrected chi connectivity index (χ4v) is 2.94. The van der Waals surface area contributed by atoms with Gasteiger partial charge in [-0.25, -0.2) is 4.99 Å². The van der Waals surface area contributed by atoms with Crippen LogP contribution in [-0.2, 0) is 11.3 Å². The molecule has 0 atom stereocenters. The zero-order chi connectivity index (χ0) is 18.1. The number of piperazine rings is 1. The van der Waals surface area contributed by atoms with Crippen molar-refractivity contribution in [2.75, 3.05) is 45.8 Å². The predicted octanol–water partition coefficient (Wildman–Crippen LogP) is 1.21. The van der Waals surface area contributed by atoms with Gasteiger partial charge in [-0.3, -0.25) is 9.69 Å². The molecule has 1 heterocycles. The fraction of sp³-hybridized carbons (Fsp3) is 0.579. The predicted molar refractivity (Wildman–Crippen MR) is 103 cm³/mol. The molecule has 6 nitrogen and oxygen atoms in total. The summed E-state index contributed by atoms with van der Waals surface area (Å²) in [6.07, 6.45) is 0. The molecule has 0 spiro atoms. The van der Waals surface area contributed by atoms with Crippen LogP contribution in [0.4, 0.5) is 0 Å². The largest absolute Gasteiger partial charge is 0.357 e. The zero-order valence-corrected chi connectivity index (χ0v) is 15.7. The maximum absolute atomic E-state index is 11.4. The molecule has 2 rings (SSSR count). The maximum Gasteiger partial charge on any atom is 0.219 e. The maximum atomic E-state index is 11.4. The normalized spacial score (nSPS) is 16.0. The van der Waals surface area contributed by atoms with Gasteiger partial charge in [0.2, 0.25) is 5.91 Å². The highest BCUT2D eigenvalue weighted by Crippen LogP contribution is 2.05. The second kappa shape index (κ2) is 10.0. The third-order valence-electron chi connectivity index (χ3n) is 4.38. The lowest BCUT2D eigenvalue weighted by Gasteiger charge is -2.34. The Morgan fingerprint density at radius 2 is 1.96 bits per heavy atom. The summed E-state index contributed by atoms with van der Waals surface area (Å²) >= 11 is 0. The van der Waals surface area contributed by atoms with Crippen LogP contribution in [0.3, 0.4) is 0 Å². The van der Waals surface area contributed by atoms with Crippen molar-refractivity contribution < 1.29 is 4.79 Å². The van der Waals surface area contributed by atoms with Crippen LogP contribution in [0.15, 0.2) is 29.3 Å². The van der Waals surface area contributed by atoms with Gasteiger partial charge in [0.15, 0.2) is 5.96 Å². The molecule has 1 aliphatic heterocycles. The number of nitrogens with one attached hydrogen (secondary N) is 2. The first kappa shape index (κ1) is 19.2. The molecule has 0 aliphatic carbocycles. The Morgan fingerprint density at radius 3 is 2.60 bits per heavy atom. The summed E-state index contributed by atoms with van der Waals surface area (Å²) in [5, 5.41) is 6.70. The number of hydrogen-bond acceptors (Lipinski definition) is 3. The average Bonchev–Trinajstić information content (AvgIpc) is 2.60. The van der Waals surface area contributed by atoms with Crippen molar-refractivity contribution in [3.8, 4) is 0 Å². The van der Waals surface area contributed by atoms with E-state index < -0.39 is 0 Å². The number of hydrogen-bond donors (Lipinski definition) is 2. The van der Waals surface area contributed by atoms with Crippen LogP contribution in [0.5, 0.6) is 0 Å². The Morgan fingerprint density at radius 1 is 1.20 bits per heavy atom. The first-order valence-electron chi connectivity index (χ1n) is 9.14. The number of aliphatic imine (C=N–C) groups is 1. The van der Waals surface area contributed by atoms with Crippen molar-refractivity contribution in [1.82, 2.24) is 20.4 Å². The minimum Gasteiger partial charge on any atom is -0.357 e. The van der Waals surface area contributed by atoms with E-state index in [9.17, 15) is 4.79 Å². The number of benzene rings is 1. The van der Waals surface area contributed by atoms with E-state index in [-0.39, 0.29) is 5.91 Å². The molecular weight excluding hydrogens is 314 g/mol. The Balaban J connectivity index is 1.76. The van der Waals surface area contributed by atoms with E-state index in [1.54, 1.807) is 6.92 Å². The van der Waals surface area contributed by atoms with Gasteiger partial charge in [-0.2, -0.15) is 0 Å². The molecule has 1 aromatic rings. The molecule has 1 amide bonds. The number of guanidine groups is 1. The molecule has 1 fully saturated rings. The van der Waals surface area contributed by atoms with Crippen LogP contribution < -0.4 is 10.6 Å². The van der Waals surface area contributed by atoms with E-state index in [2.05, 4.69) is 58.6 Å². The van der Waals surface area contributed by atoms with E-state index in [0.717, 1.165) is 51.8 Å². The van der Waals surface area contributed by atoms with E-state index in [0.29, 0.717) is 6.54 Å². The molecule has 1 aliphatic rings. The monoisotopic (exact) mass is 345 g/mol.